The average molecular weight is 300 g/mol. The Bertz CT molecular complexity index is 611. The number of anilines is 1. The van der Waals surface area contributed by atoms with Crippen LogP contribution in [-0.4, -0.2) is 30.5 Å². The molecule has 0 radical (unpaired) electrons. The summed E-state index contributed by atoms with van der Waals surface area (Å²) in [5.74, 6) is 0. The summed E-state index contributed by atoms with van der Waals surface area (Å²) in [7, 11) is 0. The van der Waals surface area contributed by atoms with Gasteiger partial charge in [-0.05, 0) is 18.6 Å². The Hall–Kier alpha value is -2.38. The maximum absolute atomic E-state index is 12.5. The highest BCUT2D eigenvalue weighted by Crippen LogP contribution is 2.34. The third-order valence-electron chi connectivity index (χ3n) is 3.25. The first-order chi connectivity index (χ1) is 9.82. The predicted octanol–water partition coefficient (Wildman–Crippen LogP) is 3.11. The molecule has 1 aliphatic rings. The third-order valence-corrected chi connectivity index (χ3v) is 3.25. The van der Waals surface area contributed by atoms with E-state index in [1.807, 2.05) is 0 Å². The van der Waals surface area contributed by atoms with Crippen LogP contribution in [0, 0.1) is 10.1 Å². The van der Waals surface area contributed by atoms with E-state index in [4.69, 9.17) is 0 Å². The zero-order valence-corrected chi connectivity index (χ0v) is 10.8. The average Bonchev–Trinajstić information content (AvgIpc) is 2.45. The number of alkyl halides is 3. The van der Waals surface area contributed by atoms with Crippen molar-refractivity contribution in [2.24, 2.45) is 0 Å². The number of hydrogen-bond donors (Lipinski definition) is 0. The molecule has 0 amide bonds. The lowest BCUT2D eigenvalue weighted by Gasteiger charge is -2.28. The zero-order valence-electron chi connectivity index (χ0n) is 10.8. The monoisotopic (exact) mass is 300 g/mol. The second kappa shape index (κ2) is 5.55. The fourth-order valence-corrected chi connectivity index (χ4v) is 2.17. The molecule has 0 fully saturated rings. The Balaban J connectivity index is 2.30. The maximum atomic E-state index is 12.5. The maximum Gasteiger partial charge on any atom is 0.412 e. The molecular formula is C13H11F3N2O3. The highest BCUT2D eigenvalue weighted by molar-refractivity contribution is 5.79. The lowest BCUT2D eigenvalue weighted by atomic mass is 10.1. The lowest BCUT2D eigenvalue weighted by Crippen LogP contribution is -2.32. The Morgan fingerprint density at radius 2 is 2.05 bits per heavy atom. The Morgan fingerprint density at radius 1 is 1.33 bits per heavy atom. The topological polar surface area (TPSA) is 63.5 Å². The first-order valence-corrected chi connectivity index (χ1v) is 6.07. The van der Waals surface area contributed by atoms with Gasteiger partial charge in [-0.3, -0.25) is 14.9 Å². The summed E-state index contributed by atoms with van der Waals surface area (Å²) in [6.45, 7) is -0.0251. The number of rotatable bonds is 3. The molecule has 112 valence electrons. The molecule has 2 rings (SSSR count). The smallest absolute Gasteiger partial charge is 0.362 e. The van der Waals surface area contributed by atoms with Gasteiger partial charge in [-0.15, -0.1) is 0 Å². The van der Waals surface area contributed by atoms with Gasteiger partial charge in [0.15, 0.2) is 0 Å². The number of nitrogens with zero attached hydrogens (tertiary/aromatic N) is 2. The van der Waals surface area contributed by atoms with E-state index in [1.165, 1.54) is 17.0 Å². The van der Waals surface area contributed by atoms with Gasteiger partial charge in [0.2, 0.25) is 0 Å². The van der Waals surface area contributed by atoms with Crippen molar-refractivity contribution in [2.75, 3.05) is 18.0 Å². The minimum Gasteiger partial charge on any atom is -0.362 e. The molecule has 0 aromatic heterocycles. The van der Waals surface area contributed by atoms with Gasteiger partial charge in [0.25, 0.3) is 5.69 Å². The molecular weight excluding hydrogens is 289 g/mol. The van der Waals surface area contributed by atoms with Crippen LogP contribution in [0.1, 0.15) is 16.8 Å². The van der Waals surface area contributed by atoms with Gasteiger partial charge >= 0.3 is 6.18 Å². The van der Waals surface area contributed by atoms with Crippen molar-refractivity contribution in [3.05, 3.63) is 45.5 Å². The van der Waals surface area contributed by atoms with Crippen molar-refractivity contribution in [1.82, 2.24) is 0 Å². The van der Waals surface area contributed by atoms with Crippen LogP contribution in [0.3, 0.4) is 0 Å². The SMILES string of the molecule is O=Cc1ccc(N2CC=C(C(F)(F)F)CC2)c([N+](=O)[O-])c1. The van der Waals surface area contributed by atoms with Gasteiger partial charge in [0.1, 0.15) is 12.0 Å². The van der Waals surface area contributed by atoms with E-state index in [0.717, 1.165) is 12.1 Å². The Labute approximate surface area is 117 Å². The largest absolute Gasteiger partial charge is 0.412 e. The van der Waals surface area contributed by atoms with Crippen LogP contribution in [0.15, 0.2) is 29.8 Å². The molecule has 21 heavy (non-hydrogen) atoms. The molecule has 0 saturated carbocycles. The van der Waals surface area contributed by atoms with Crippen LogP contribution in [-0.2, 0) is 0 Å². The standard InChI is InChI=1S/C13H11F3N2O3/c14-13(15,16)10-3-5-17(6-4-10)11-2-1-9(8-19)7-12(11)18(20)21/h1-3,7-8H,4-6H2. The Morgan fingerprint density at radius 3 is 2.52 bits per heavy atom. The van der Waals surface area contributed by atoms with E-state index in [0.29, 0.717) is 6.29 Å². The van der Waals surface area contributed by atoms with Gasteiger partial charge in [-0.1, -0.05) is 6.08 Å². The van der Waals surface area contributed by atoms with E-state index in [-0.39, 0.29) is 36.4 Å². The Kier molecular flexibility index (Phi) is 3.97. The molecule has 5 nitrogen and oxygen atoms in total. The van der Waals surface area contributed by atoms with Crippen molar-refractivity contribution in [3.63, 3.8) is 0 Å². The zero-order chi connectivity index (χ0) is 15.6. The highest BCUT2D eigenvalue weighted by atomic mass is 19.4. The summed E-state index contributed by atoms with van der Waals surface area (Å²) < 4.78 is 37.6. The predicted molar refractivity (Wildman–Crippen MR) is 69.5 cm³/mol. The van der Waals surface area contributed by atoms with E-state index in [9.17, 15) is 28.1 Å². The summed E-state index contributed by atoms with van der Waals surface area (Å²) in [5.41, 5.74) is -0.550. The molecule has 8 heteroatoms. The molecule has 0 bridgehead atoms. The minimum atomic E-state index is -4.36. The van der Waals surface area contributed by atoms with E-state index in [2.05, 4.69) is 0 Å². The van der Waals surface area contributed by atoms with Crippen molar-refractivity contribution < 1.29 is 22.9 Å². The van der Waals surface area contributed by atoms with Crippen LogP contribution in [0.2, 0.25) is 0 Å². The molecule has 0 unspecified atom stereocenters. The molecule has 1 heterocycles. The van der Waals surface area contributed by atoms with Gasteiger partial charge in [-0.2, -0.15) is 13.2 Å². The molecule has 1 aromatic rings. The van der Waals surface area contributed by atoms with Crippen molar-refractivity contribution in [3.8, 4) is 0 Å². The molecule has 0 aliphatic carbocycles. The summed E-state index contributed by atoms with van der Waals surface area (Å²) >= 11 is 0. The summed E-state index contributed by atoms with van der Waals surface area (Å²) in [5, 5.41) is 11.0. The van der Waals surface area contributed by atoms with Crippen molar-refractivity contribution >= 4 is 17.7 Å². The van der Waals surface area contributed by atoms with Crippen LogP contribution < -0.4 is 4.90 Å². The van der Waals surface area contributed by atoms with Gasteiger partial charge in [-0.25, -0.2) is 0 Å². The molecule has 1 aliphatic heterocycles. The molecule has 0 atom stereocenters. The number of nitro groups is 1. The summed E-state index contributed by atoms with van der Waals surface area (Å²) in [4.78, 5) is 22.5. The van der Waals surface area contributed by atoms with Crippen LogP contribution in [0.25, 0.3) is 0 Å². The first kappa shape index (κ1) is 15.0. The van der Waals surface area contributed by atoms with Gasteiger partial charge in [0.05, 0.1) is 4.92 Å². The van der Waals surface area contributed by atoms with Crippen LogP contribution >= 0.6 is 0 Å². The number of benzene rings is 1. The lowest BCUT2D eigenvalue weighted by molar-refractivity contribution is -0.384. The first-order valence-electron chi connectivity index (χ1n) is 6.07. The van der Waals surface area contributed by atoms with E-state index >= 15 is 0 Å². The number of hydrogen-bond acceptors (Lipinski definition) is 4. The highest BCUT2D eigenvalue weighted by Gasteiger charge is 2.35. The fourth-order valence-electron chi connectivity index (χ4n) is 2.17. The normalized spacial score (nSPS) is 15.6. The third kappa shape index (κ3) is 3.21. The number of carbonyl (C=O) groups is 1. The quantitative estimate of drug-likeness (QED) is 0.372. The fraction of sp³-hybridized carbons (Fsp3) is 0.308. The number of aldehydes is 1. The molecule has 1 aromatic carbocycles. The van der Waals surface area contributed by atoms with Gasteiger partial charge < -0.3 is 4.90 Å². The summed E-state index contributed by atoms with van der Waals surface area (Å²) in [6, 6.07) is 3.90. The molecule has 0 spiro atoms. The van der Waals surface area contributed by atoms with Crippen molar-refractivity contribution in [2.45, 2.75) is 12.6 Å². The molecule has 0 saturated heterocycles. The second-order valence-corrected chi connectivity index (χ2v) is 4.55. The van der Waals surface area contributed by atoms with Crippen LogP contribution in [0.5, 0.6) is 0 Å². The van der Waals surface area contributed by atoms with Crippen molar-refractivity contribution in [1.29, 1.82) is 0 Å². The van der Waals surface area contributed by atoms with Gasteiger partial charge in [0, 0.05) is 30.3 Å². The minimum absolute atomic E-state index is 0.0343. The van der Waals surface area contributed by atoms with E-state index < -0.39 is 16.7 Å². The van der Waals surface area contributed by atoms with Crippen LogP contribution in [0.4, 0.5) is 24.5 Å². The number of carbonyl (C=O) groups excluding carboxylic acids is 1. The second-order valence-electron chi connectivity index (χ2n) is 4.55. The summed E-state index contributed by atoms with van der Waals surface area (Å²) in [6.07, 6.45) is -3.08. The number of halogens is 3. The van der Waals surface area contributed by atoms with E-state index in [1.54, 1.807) is 0 Å². The molecule has 0 N–H and O–H groups in total. The number of nitro benzene ring substituents is 1.